The molecule has 2 aliphatic rings. The maximum atomic E-state index is 6.01. The Labute approximate surface area is 110 Å². The molecular formula is C16H24N2. The third kappa shape index (κ3) is 2.39. The molecule has 98 valence electrons. The van der Waals surface area contributed by atoms with Crippen LogP contribution >= 0.6 is 0 Å². The Morgan fingerprint density at radius 1 is 1.22 bits per heavy atom. The molecule has 1 aromatic rings. The molecule has 2 fully saturated rings. The predicted molar refractivity (Wildman–Crippen MR) is 76.1 cm³/mol. The first-order valence-electron chi connectivity index (χ1n) is 7.24. The highest BCUT2D eigenvalue weighted by Gasteiger charge is 2.39. The Balaban J connectivity index is 1.56. The van der Waals surface area contributed by atoms with Crippen LogP contribution in [0.1, 0.15) is 31.2 Å². The summed E-state index contributed by atoms with van der Waals surface area (Å²) in [5, 5.41) is 0. The summed E-state index contributed by atoms with van der Waals surface area (Å²) in [5.74, 6) is 3.01. The van der Waals surface area contributed by atoms with Crippen LogP contribution in [0.2, 0.25) is 0 Å². The Bertz CT molecular complexity index is 415. The van der Waals surface area contributed by atoms with E-state index in [2.05, 4.69) is 24.1 Å². The van der Waals surface area contributed by atoms with Gasteiger partial charge in [-0.2, -0.15) is 0 Å². The molecule has 0 amide bonds. The van der Waals surface area contributed by atoms with Crippen LogP contribution in [-0.4, -0.2) is 18.5 Å². The Hall–Kier alpha value is -1.02. The van der Waals surface area contributed by atoms with Gasteiger partial charge in [-0.1, -0.05) is 24.6 Å². The number of para-hydroxylation sites is 1. The van der Waals surface area contributed by atoms with E-state index in [1.807, 2.05) is 12.1 Å². The summed E-state index contributed by atoms with van der Waals surface area (Å²) in [7, 11) is 2.23. The molecular weight excluding hydrogens is 220 g/mol. The minimum Gasteiger partial charge on any atom is -0.398 e. The Kier molecular flexibility index (Phi) is 3.29. The molecule has 2 saturated carbocycles. The van der Waals surface area contributed by atoms with E-state index in [-0.39, 0.29) is 0 Å². The van der Waals surface area contributed by atoms with Crippen molar-refractivity contribution in [1.29, 1.82) is 0 Å². The van der Waals surface area contributed by atoms with E-state index in [4.69, 9.17) is 5.73 Å². The van der Waals surface area contributed by atoms with Gasteiger partial charge in [-0.05, 0) is 55.7 Å². The Morgan fingerprint density at radius 3 is 2.72 bits per heavy atom. The van der Waals surface area contributed by atoms with Gasteiger partial charge >= 0.3 is 0 Å². The Morgan fingerprint density at radius 2 is 2.06 bits per heavy atom. The van der Waals surface area contributed by atoms with Gasteiger partial charge < -0.3 is 10.6 Å². The molecule has 0 heterocycles. The molecule has 3 unspecified atom stereocenters. The molecule has 0 radical (unpaired) electrons. The molecule has 3 atom stereocenters. The normalized spacial score (nSPS) is 30.2. The van der Waals surface area contributed by atoms with Crippen molar-refractivity contribution in [2.24, 2.45) is 17.8 Å². The number of rotatable bonds is 4. The number of nitrogen functional groups attached to an aromatic ring is 1. The summed E-state index contributed by atoms with van der Waals surface area (Å²) in [6.07, 6.45) is 5.96. The first-order chi connectivity index (χ1) is 8.72. The van der Waals surface area contributed by atoms with Gasteiger partial charge in [-0.25, -0.2) is 0 Å². The van der Waals surface area contributed by atoms with Crippen LogP contribution in [0.3, 0.4) is 0 Å². The van der Waals surface area contributed by atoms with Crippen molar-refractivity contribution in [3.63, 3.8) is 0 Å². The maximum Gasteiger partial charge on any atom is 0.0359 e. The fourth-order valence-corrected chi connectivity index (χ4v) is 4.03. The minimum atomic E-state index is 0.928. The first-order valence-corrected chi connectivity index (χ1v) is 7.24. The lowest BCUT2D eigenvalue weighted by Crippen LogP contribution is -2.28. The molecule has 0 saturated heterocycles. The number of fused-ring (bicyclic) bond motifs is 2. The highest BCUT2D eigenvalue weighted by atomic mass is 15.1. The number of anilines is 1. The molecule has 2 nitrogen and oxygen atoms in total. The topological polar surface area (TPSA) is 29.3 Å². The quantitative estimate of drug-likeness (QED) is 0.824. The monoisotopic (exact) mass is 244 g/mol. The third-order valence-corrected chi connectivity index (χ3v) is 4.93. The predicted octanol–water partition coefficient (Wildman–Crippen LogP) is 3.14. The molecule has 2 heteroatoms. The molecule has 18 heavy (non-hydrogen) atoms. The largest absolute Gasteiger partial charge is 0.398 e. The lowest BCUT2D eigenvalue weighted by atomic mass is 9.88. The maximum absolute atomic E-state index is 6.01. The zero-order valence-corrected chi connectivity index (χ0v) is 11.3. The van der Waals surface area contributed by atoms with Crippen LogP contribution in [0.5, 0.6) is 0 Å². The van der Waals surface area contributed by atoms with E-state index in [1.165, 1.54) is 37.8 Å². The second-order valence-corrected chi connectivity index (χ2v) is 6.33. The van der Waals surface area contributed by atoms with Crippen LogP contribution in [-0.2, 0) is 6.54 Å². The number of nitrogens with two attached hydrogens (primary N) is 1. The van der Waals surface area contributed by atoms with Crippen molar-refractivity contribution in [3.8, 4) is 0 Å². The molecule has 0 spiro atoms. The summed E-state index contributed by atoms with van der Waals surface area (Å²) in [6, 6.07) is 8.24. The zero-order valence-electron chi connectivity index (χ0n) is 11.3. The molecule has 3 rings (SSSR count). The van der Waals surface area contributed by atoms with Crippen LogP contribution < -0.4 is 5.73 Å². The van der Waals surface area contributed by atoms with Crippen molar-refractivity contribution in [2.75, 3.05) is 19.3 Å². The van der Waals surface area contributed by atoms with E-state index in [0.717, 1.165) is 30.0 Å². The van der Waals surface area contributed by atoms with Gasteiger partial charge in [0.25, 0.3) is 0 Å². The van der Waals surface area contributed by atoms with Gasteiger partial charge in [-0.3, -0.25) is 0 Å². The van der Waals surface area contributed by atoms with Crippen LogP contribution in [0.25, 0.3) is 0 Å². The summed E-state index contributed by atoms with van der Waals surface area (Å²) < 4.78 is 0. The highest BCUT2D eigenvalue weighted by molar-refractivity contribution is 5.46. The zero-order chi connectivity index (χ0) is 12.5. The van der Waals surface area contributed by atoms with Crippen LogP contribution in [0.15, 0.2) is 24.3 Å². The summed E-state index contributed by atoms with van der Waals surface area (Å²) in [5.41, 5.74) is 8.21. The number of hydrogen-bond acceptors (Lipinski definition) is 2. The first kappa shape index (κ1) is 12.0. The minimum absolute atomic E-state index is 0.928. The van der Waals surface area contributed by atoms with Crippen LogP contribution in [0, 0.1) is 17.8 Å². The summed E-state index contributed by atoms with van der Waals surface area (Å²) >= 11 is 0. The van der Waals surface area contributed by atoms with E-state index in [1.54, 1.807) is 0 Å². The van der Waals surface area contributed by atoms with Crippen molar-refractivity contribution in [3.05, 3.63) is 29.8 Å². The molecule has 1 aromatic carbocycles. The van der Waals surface area contributed by atoms with Gasteiger partial charge in [0.2, 0.25) is 0 Å². The van der Waals surface area contributed by atoms with Crippen molar-refractivity contribution < 1.29 is 0 Å². The van der Waals surface area contributed by atoms with Crippen molar-refractivity contribution in [2.45, 2.75) is 32.2 Å². The smallest absolute Gasteiger partial charge is 0.0359 e. The third-order valence-electron chi connectivity index (χ3n) is 4.93. The standard InChI is InChI=1S/C16H24N2/c1-18(10-14-4-2-3-5-16(14)17)11-15-9-12-6-7-13(15)8-12/h2-5,12-13,15H,6-11,17H2,1H3. The lowest BCUT2D eigenvalue weighted by Gasteiger charge is -2.27. The molecule has 0 aromatic heterocycles. The fourth-order valence-electron chi connectivity index (χ4n) is 4.03. The second-order valence-electron chi connectivity index (χ2n) is 6.33. The molecule has 2 aliphatic carbocycles. The van der Waals surface area contributed by atoms with E-state index < -0.39 is 0 Å². The number of nitrogens with zero attached hydrogens (tertiary/aromatic N) is 1. The van der Waals surface area contributed by atoms with Crippen molar-refractivity contribution >= 4 is 5.69 Å². The van der Waals surface area contributed by atoms with Gasteiger partial charge in [0.1, 0.15) is 0 Å². The number of hydrogen-bond donors (Lipinski definition) is 1. The van der Waals surface area contributed by atoms with Crippen LogP contribution in [0.4, 0.5) is 5.69 Å². The highest BCUT2D eigenvalue weighted by Crippen LogP contribution is 2.48. The summed E-state index contributed by atoms with van der Waals surface area (Å²) in [6.45, 7) is 2.23. The van der Waals surface area contributed by atoms with Gasteiger partial charge in [0.15, 0.2) is 0 Å². The SMILES string of the molecule is CN(Cc1ccccc1N)CC1CC2CCC1C2. The number of benzene rings is 1. The summed E-state index contributed by atoms with van der Waals surface area (Å²) in [4.78, 5) is 2.46. The second kappa shape index (κ2) is 4.93. The molecule has 2 bridgehead atoms. The van der Waals surface area contributed by atoms with E-state index >= 15 is 0 Å². The fraction of sp³-hybridized carbons (Fsp3) is 0.625. The van der Waals surface area contributed by atoms with Gasteiger partial charge in [0.05, 0.1) is 0 Å². The van der Waals surface area contributed by atoms with E-state index in [9.17, 15) is 0 Å². The van der Waals surface area contributed by atoms with E-state index in [0.29, 0.717) is 0 Å². The molecule has 0 aliphatic heterocycles. The lowest BCUT2D eigenvalue weighted by molar-refractivity contribution is 0.215. The average Bonchev–Trinajstić information content (AvgIpc) is 2.94. The van der Waals surface area contributed by atoms with Gasteiger partial charge in [0, 0.05) is 18.8 Å². The molecule has 2 N–H and O–H groups in total. The van der Waals surface area contributed by atoms with Gasteiger partial charge in [-0.15, -0.1) is 0 Å². The average molecular weight is 244 g/mol. The van der Waals surface area contributed by atoms with Crippen molar-refractivity contribution in [1.82, 2.24) is 4.90 Å².